The Kier molecular flexibility index (Phi) is 5.95. The summed E-state index contributed by atoms with van der Waals surface area (Å²) in [4.78, 5) is 12.6. The predicted molar refractivity (Wildman–Crippen MR) is 116 cm³/mol. The van der Waals surface area contributed by atoms with Crippen LogP contribution in [0.25, 0.3) is 0 Å². The number of halogens is 1. The summed E-state index contributed by atoms with van der Waals surface area (Å²) in [6, 6.07) is 4.68. The van der Waals surface area contributed by atoms with Crippen molar-refractivity contribution >= 4 is 49.1 Å². The quantitative estimate of drug-likeness (QED) is 0.351. The summed E-state index contributed by atoms with van der Waals surface area (Å²) in [5, 5.41) is 5.19. The number of thiophene rings is 1. The summed E-state index contributed by atoms with van der Waals surface area (Å²) >= 11 is 4.17. The van der Waals surface area contributed by atoms with Crippen LogP contribution >= 0.6 is 27.3 Å². The fourth-order valence-electron chi connectivity index (χ4n) is 2.93. The lowest BCUT2D eigenvalue weighted by Gasteiger charge is -2.11. The van der Waals surface area contributed by atoms with E-state index in [1.807, 2.05) is 6.92 Å². The number of rotatable bonds is 7. The first kappa shape index (κ1) is 21.7. The number of carbonyl (C=O) groups excluding carboxylic acids is 1. The van der Waals surface area contributed by atoms with E-state index in [0.717, 1.165) is 23.3 Å². The Morgan fingerprint density at radius 3 is 2.74 bits per heavy atom. The van der Waals surface area contributed by atoms with Gasteiger partial charge in [0.2, 0.25) is 6.79 Å². The number of esters is 1. The molecule has 1 N–H and O–H groups in total. The van der Waals surface area contributed by atoms with Crippen LogP contribution in [0.3, 0.4) is 0 Å². The van der Waals surface area contributed by atoms with Crippen molar-refractivity contribution in [2.24, 2.45) is 0 Å². The summed E-state index contributed by atoms with van der Waals surface area (Å²) in [5.74, 6) is 0.478. The molecule has 0 amide bonds. The fourth-order valence-corrected chi connectivity index (χ4v) is 5.59. The molecule has 0 fully saturated rings. The van der Waals surface area contributed by atoms with Gasteiger partial charge in [-0.3, -0.25) is 0 Å². The second-order valence-corrected chi connectivity index (χ2v) is 9.94. The highest BCUT2D eigenvalue weighted by Gasteiger charge is 2.29. The van der Waals surface area contributed by atoms with Crippen molar-refractivity contribution in [3.05, 3.63) is 44.2 Å². The maximum Gasteiger partial charge on any atom is 0.355 e. The topological polar surface area (TPSA) is 117 Å². The lowest BCUT2D eigenvalue weighted by Crippen LogP contribution is -2.17. The van der Waals surface area contributed by atoms with Crippen LogP contribution in [0.5, 0.6) is 17.2 Å². The molecule has 31 heavy (non-hydrogen) atoms. The van der Waals surface area contributed by atoms with Crippen molar-refractivity contribution < 1.29 is 31.9 Å². The molecule has 3 aromatic rings. The minimum atomic E-state index is -4.13. The summed E-state index contributed by atoms with van der Waals surface area (Å²) < 4.78 is 49.7. The predicted octanol–water partition coefficient (Wildman–Crippen LogP) is 4.51. The molecule has 0 saturated carbocycles. The number of fused-ring (bicyclic) bond motifs is 1. The summed E-state index contributed by atoms with van der Waals surface area (Å²) in [7, 11) is -4.13. The van der Waals surface area contributed by atoms with Gasteiger partial charge in [0.25, 0.3) is 15.9 Å². The number of carbonyl (C=O) groups is 1. The van der Waals surface area contributed by atoms with E-state index in [1.54, 1.807) is 19.1 Å². The standard InChI is InChI=1S/C19H17BrN2O7S2/c1-3-4-11-7-13-14(27-9-26-13)8-12(11)28-19(23)17-15(5-6-30-17)31(24,25)22-18-16(20)10(2)21-29-18/h5-8,22H,3-4,9H2,1-2H3. The van der Waals surface area contributed by atoms with Gasteiger partial charge in [-0.25, -0.2) is 17.9 Å². The van der Waals surface area contributed by atoms with Crippen molar-refractivity contribution in [2.45, 2.75) is 31.6 Å². The number of anilines is 1. The first-order valence-corrected chi connectivity index (χ1v) is 12.3. The molecular formula is C19H17BrN2O7S2. The Bertz CT molecular complexity index is 1250. The van der Waals surface area contributed by atoms with Crippen LogP contribution in [-0.4, -0.2) is 26.3 Å². The third kappa shape index (κ3) is 4.27. The average molecular weight is 529 g/mol. The zero-order chi connectivity index (χ0) is 22.2. The van der Waals surface area contributed by atoms with E-state index in [9.17, 15) is 13.2 Å². The molecule has 3 heterocycles. The molecule has 0 radical (unpaired) electrons. The second-order valence-electron chi connectivity index (χ2n) is 6.58. The largest absolute Gasteiger partial charge is 0.454 e. The highest BCUT2D eigenvalue weighted by Crippen LogP contribution is 2.39. The van der Waals surface area contributed by atoms with Crippen LogP contribution < -0.4 is 18.9 Å². The number of aromatic nitrogens is 1. The third-order valence-corrected chi connectivity index (χ3v) is 7.73. The first-order chi connectivity index (χ1) is 14.8. The van der Waals surface area contributed by atoms with Gasteiger partial charge in [-0.05, 0) is 52.4 Å². The van der Waals surface area contributed by atoms with Crippen molar-refractivity contribution in [1.82, 2.24) is 5.16 Å². The highest BCUT2D eigenvalue weighted by molar-refractivity contribution is 9.10. The van der Waals surface area contributed by atoms with Crippen LogP contribution in [0.1, 0.15) is 34.3 Å². The average Bonchev–Trinajstić information content (AvgIpc) is 3.45. The van der Waals surface area contributed by atoms with E-state index in [0.29, 0.717) is 33.8 Å². The minimum absolute atomic E-state index is 0.0695. The smallest absolute Gasteiger partial charge is 0.355 e. The third-order valence-electron chi connectivity index (χ3n) is 4.40. The number of ether oxygens (including phenoxy) is 3. The molecule has 12 heteroatoms. The number of sulfonamides is 1. The van der Waals surface area contributed by atoms with E-state index in [1.165, 1.54) is 11.4 Å². The number of aryl methyl sites for hydroxylation is 2. The number of nitrogens with zero attached hydrogens (tertiary/aromatic N) is 1. The lowest BCUT2D eigenvalue weighted by atomic mass is 10.1. The highest BCUT2D eigenvalue weighted by atomic mass is 79.9. The minimum Gasteiger partial charge on any atom is -0.454 e. The van der Waals surface area contributed by atoms with E-state index in [4.69, 9.17) is 18.7 Å². The Labute approximate surface area is 190 Å². The number of hydrogen-bond donors (Lipinski definition) is 1. The molecule has 2 aromatic heterocycles. The molecule has 9 nitrogen and oxygen atoms in total. The molecule has 0 saturated heterocycles. The van der Waals surface area contributed by atoms with E-state index >= 15 is 0 Å². The monoisotopic (exact) mass is 528 g/mol. The zero-order valence-electron chi connectivity index (χ0n) is 16.4. The second kappa shape index (κ2) is 8.52. The van der Waals surface area contributed by atoms with Gasteiger partial charge in [0.05, 0.1) is 5.69 Å². The molecular weight excluding hydrogens is 512 g/mol. The normalized spacial score (nSPS) is 12.7. The molecule has 0 unspecified atom stereocenters. The van der Waals surface area contributed by atoms with Gasteiger partial charge < -0.3 is 18.7 Å². The van der Waals surface area contributed by atoms with E-state index in [2.05, 4.69) is 25.8 Å². The molecule has 0 atom stereocenters. The van der Waals surface area contributed by atoms with Gasteiger partial charge in [0.15, 0.2) is 11.5 Å². The summed E-state index contributed by atoms with van der Waals surface area (Å²) in [6.45, 7) is 3.74. The van der Waals surface area contributed by atoms with Gasteiger partial charge in [0, 0.05) is 6.07 Å². The van der Waals surface area contributed by atoms with Crippen molar-refractivity contribution in [3.8, 4) is 17.2 Å². The number of hydrogen-bond acceptors (Lipinski definition) is 9. The van der Waals surface area contributed by atoms with Gasteiger partial charge in [-0.1, -0.05) is 18.5 Å². The maximum atomic E-state index is 12.9. The van der Waals surface area contributed by atoms with Crippen LogP contribution in [0.2, 0.25) is 0 Å². The Morgan fingerprint density at radius 1 is 1.32 bits per heavy atom. The van der Waals surface area contributed by atoms with Crippen LogP contribution in [-0.2, 0) is 16.4 Å². The van der Waals surface area contributed by atoms with Crippen molar-refractivity contribution in [1.29, 1.82) is 0 Å². The number of nitrogens with one attached hydrogen (secondary N) is 1. The molecule has 0 spiro atoms. The maximum absolute atomic E-state index is 12.9. The van der Waals surface area contributed by atoms with E-state index in [-0.39, 0.29) is 22.4 Å². The molecule has 164 valence electrons. The van der Waals surface area contributed by atoms with Gasteiger partial charge in [-0.2, -0.15) is 0 Å². The van der Waals surface area contributed by atoms with Crippen LogP contribution in [0.15, 0.2) is 37.5 Å². The zero-order valence-corrected chi connectivity index (χ0v) is 19.6. The van der Waals surface area contributed by atoms with Crippen LogP contribution in [0, 0.1) is 6.92 Å². The van der Waals surface area contributed by atoms with Gasteiger partial charge in [-0.15, -0.1) is 11.3 Å². The Balaban J connectivity index is 1.62. The molecule has 1 aromatic carbocycles. The molecule has 1 aliphatic rings. The molecule has 0 bridgehead atoms. The van der Waals surface area contributed by atoms with Crippen LogP contribution in [0.4, 0.5) is 5.88 Å². The van der Waals surface area contributed by atoms with Crippen molar-refractivity contribution in [3.63, 3.8) is 0 Å². The molecule has 1 aliphatic heterocycles. The summed E-state index contributed by atoms with van der Waals surface area (Å²) in [6.07, 6.45) is 1.47. The first-order valence-electron chi connectivity index (χ1n) is 9.17. The Morgan fingerprint density at radius 2 is 2.06 bits per heavy atom. The summed E-state index contributed by atoms with van der Waals surface area (Å²) in [5.41, 5.74) is 1.24. The van der Waals surface area contributed by atoms with E-state index < -0.39 is 16.0 Å². The van der Waals surface area contributed by atoms with Crippen molar-refractivity contribution in [2.75, 3.05) is 11.5 Å². The van der Waals surface area contributed by atoms with Gasteiger partial charge in [0.1, 0.15) is 20.0 Å². The van der Waals surface area contributed by atoms with Gasteiger partial charge >= 0.3 is 5.97 Å². The lowest BCUT2D eigenvalue weighted by molar-refractivity contribution is 0.0734. The molecule has 4 rings (SSSR count). The number of benzene rings is 1. The molecule has 0 aliphatic carbocycles. The fraction of sp³-hybridized carbons (Fsp3) is 0.263. The SMILES string of the molecule is CCCc1cc2c(cc1OC(=O)c1sccc1S(=O)(=O)Nc1onc(C)c1Br)OCO2. The Hall–Kier alpha value is -2.57.